The number of hydrogen-bond donors (Lipinski definition) is 2. The minimum atomic E-state index is -4.69. The fraction of sp³-hybridized carbons (Fsp3) is 0.250. The molecule has 0 saturated carbocycles. The summed E-state index contributed by atoms with van der Waals surface area (Å²) < 4.78 is 40.2. The van der Waals surface area contributed by atoms with Crippen LogP contribution in [-0.4, -0.2) is 35.5 Å². The van der Waals surface area contributed by atoms with Crippen LogP contribution >= 0.6 is 0 Å². The highest BCUT2D eigenvalue weighted by Gasteiger charge is 2.30. The molecular formula is C16H17BF3NO3. The number of benzene rings is 2. The van der Waals surface area contributed by atoms with Gasteiger partial charge in [0.2, 0.25) is 0 Å². The van der Waals surface area contributed by atoms with E-state index in [1.165, 1.54) is 12.1 Å². The first-order valence-corrected chi connectivity index (χ1v) is 7.21. The maximum Gasteiger partial charge on any atom is 0.573 e. The van der Waals surface area contributed by atoms with Crippen LogP contribution in [0.2, 0.25) is 0 Å². The fourth-order valence-electron chi connectivity index (χ4n) is 2.27. The zero-order chi connectivity index (χ0) is 17.7. The van der Waals surface area contributed by atoms with Crippen LogP contribution in [-0.2, 0) is 13.1 Å². The van der Waals surface area contributed by atoms with Gasteiger partial charge in [0, 0.05) is 13.1 Å². The van der Waals surface area contributed by atoms with Crippen molar-refractivity contribution in [1.29, 1.82) is 0 Å². The van der Waals surface area contributed by atoms with E-state index in [1.807, 2.05) is 11.9 Å². The predicted octanol–water partition coefficient (Wildman–Crippen LogP) is 1.90. The van der Waals surface area contributed by atoms with Crippen molar-refractivity contribution in [2.45, 2.75) is 19.5 Å². The quantitative estimate of drug-likeness (QED) is 0.790. The number of hydrogen-bond acceptors (Lipinski definition) is 4. The third kappa shape index (κ3) is 5.88. The van der Waals surface area contributed by atoms with E-state index in [0.29, 0.717) is 18.6 Å². The molecule has 24 heavy (non-hydrogen) atoms. The van der Waals surface area contributed by atoms with Gasteiger partial charge in [0.1, 0.15) is 5.75 Å². The Morgan fingerprint density at radius 3 is 1.79 bits per heavy atom. The monoisotopic (exact) mass is 339 g/mol. The lowest BCUT2D eigenvalue weighted by Gasteiger charge is -2.17. The molecule has 2 aromatic rings. The first-order chi connectivity index (χ1) is 11.2. The highest BCUT2D eigenvalue weighted by molar-refractivity contribution is 6.58. The molecule has 2 aromatic carbocycles. The molecule has 0 atom stereocenters. The smallest absolute Gasteiger partial charge is 0.423 e. The highest BCUT2D eigenvalue weighted by Crippen LogP contribution is 2.23. The van der Waals surface area contributed by atoms with E-state index in [-0.39, 0.29) is 5.75 Å². The standard InChI is InChI=1S/C16H17BF3NO3/c1-21(10-12-2-6-14(7-3-12)17(22)23)11-13-4-8-15(9-5-13)24-16(18,19)20/h2-9,22-23H,10-11H2,1H3. The summed E-state index contributed by atoms with van der Waals surface area (Å²) in [6, 6.07) is 12.6. The number of alkyl halides is 3. The number of halogens is 3. The van der Waals surface area contributed by atoms with Crippen molar-refractivity contribution in [3.05, 3.63) is 59.7 Å². The SMILES string of the molecule is CN(Cc1ccc(OC(F)(F)F)cc1)Cc1ccc(B(O)O)cc1. The normalized spacial score (nSPS) is 11.6. The molecule has 0 aliphatic rings. The van der Waals surface area contributed by atoms with Gasteiger partial charge in [-0.1, -0.05) is 36.4 Å². The second kappa shape index (κ2) is 7.70. The van der Waals surface area contributed by atoms with Crippen LogP contribution in [0.3, 0.4) is 0 Å². The Kier molecular flexibility index (Phi) is 5.87. The minimum absolute atomic E-state index is 0.243. The molecule has 0 bridgehead atoms. The van der Waals surface area contributed by atoms with Gasteiger partial charge in [-0.15, -0.1) is 13.2 Å². The van der Waals surface area contributed by atoms with Crippen LogP contribution < -0.4 is 10.2 Å². The summed E-state index contributed by atoms with van der Waals surface area (Å²) in [6.07, 6.45) is -4.69. The number of nitrogens with zero attached hydrogens (tertiary/aromatic N) is 1. The molecule has 0 aliphatic carbocycles. The van der Waals surface area contributed by atoms with Crippen molar-refractivity contribution in [1.82, 2.24) is 4.90 Å². The predicted molar refractivity (Wildman–Crippen MR) is 84.6 cm³/mol. The zero-order valence-electron chi connectivity index (χ0n) is 13.0. The Balaban J connectivity index is 1.91. The van der Waals surface area contributed by atoms with Crippen molar-refractivity contribution in [3.63, 3.8) is 0 Å². The van der Waals surface area contributed by atoms with Crippen molar-refractivity contribution in [2.75, 3.05) is 7.05 Å². The lowest BCUT2D eigenvalue weighted by atomic mass is 9.80. The van der Waals surface area contributed by atoms with E-state index in [1.54, 1.807) is 36.4 Å². The fourth-order valence-corrected chi connectivity index (χ4v) is 2.27. The van der Waals surface area contributed by atoms with Crippen LogP contribution in [0.1, 0.15) is 11.1 Å². The molecule has 0 saturated heterocycles. The van der Waals surface area contributed by atoms with Crippen LogP contribution in [0.15, 0.2) is 48.5 Å². The van der Waals surface area contributed by atoms with Gasteiger partial charge in [0.15, 0.2) is 0 Å². The van der Waals surface area contributed by atoms with Gasteiger partial charge < -0.3 is 14.8 Å². The van der Waals surface area contributed by atoms with E-state index in [0.717, 1.165) is 11.1 Å². The molecule has 0 amide bonds. The summed E-state index contributed by atoms with van der Waals surface area (Å²) in [7, 11) is 0.392. The number of ether oxygens (including phenoxy) is 1. The molecule has 0 heterocycles. The molecule has 4 nitrogen and oxygen atoms in total. The molecule has 0 fully saturated rings. The second-order valence-electron chi connectivity index (χ2n) is 5.48. The van der Waals surface area contributed by atoms with Crippen LogP contribution in [0.5, 0.6) is 5.75 Å². The summed E-state index contributed by atoms with van der Waals surface area (Å²) in [6.45, 7) is 1.17. The van der Waals surface area contributed by atoms with Crippen molar-refractivity contribution < 1.29 is 28.0 Å². The zero-order valence-corrected chi connectivity index (χ0v) is 13.0. The molecule has 2 rings (SSSR count). The Bertz CT molecular complexity index is 645. The van der Waals surface area contributed by atoms with Crippen LogP contribution in [0, 0.1) is 0 Å². The van der Waals surface area contributed by atoms with E-state index in [2.05, 4.69) is 4.74 Å². The molecule has 0 aliphatic heterocycles. The first-order valence-electron chi connectivity index (χ1n) is 7.21. The summed E-state index contributed by atoms with van der Waals surface area (Å²) in [5.41, 5.74) is 2.26. The lowest BCUT2D eigenvalue weighted by Crippen LogP contribution is -2.29. The van der Waals surface area contributed by atoms with Crippen LogP contribution in [0.25, 0.3) is 0 Å². The maximum atomic E-state index is 12.1. The third-order valence-electron chi connectivity index (χ3n) is 3.34. The van der Waals surface area contributed by atoms with Gasteiger partial charge in [-0.2, -0.15) is 0 Å². The molecule has 0 aromatic heterocycles. The average Bonchev–Trinajstić information content (AvgIpc) is 2.48. The average molecular weight is 339 g/mol. The maximum absolute atomic E-state index is 12.1. The van der Waals surface area contributed by atoms with Gasteiger partial charge in [0.25, 0.3) is 0 Å². The number of rotatable bonds is 6. The molecule has 0 unspecified atom stereocenters. The largest absolute Gasteiger partial charge is 0.573 e. The Hall–Kier alpha value is -2.03. The van der Waals surface area contributed by atoms with Crippen molar-refractivity contribution >= 4 is 12.6 Å². The molecule has 2 N–H and O–H groups in total. The Labute approximate surface area is 138 Å². The van der Waals surface area contributed by atoms with Crippen molar-refractivity contribution in [2.24, 2.45) is 0 Å². The minimum Gasteiger partial charge on any atom is -0.423 e. The second-order valence-corrected chi connectivity index (χ2v) is 5.48. The summed E-state index contributed by atoms with van der Waals surface area (Å²) in [5, 5.41) is 18.1. The summed E-state index contributed by atoms with van der Waals surface area (Å²) in [5.74, 6) is -0.243. The molecule has 0 spiro atoms. The third-order valence-corrected chi connectivity index (χ3v) is 3.34. The van der Waals surface area contributed by atoms with Crippen molar-refractivity contribution in [3.8, 4) is 5.75 Å². The molecule has 0 radical (unpaired) electrons. The van der Waals surface area contributed by atoms with E-state index >= 15 is 0 Å². The molecule has 128 valence electrons. The highest BCUT2D eigenvalue weighted by atomic mass is 19.4. The first kappa shape index (κ1) is 18.3. The van der Waals surface area contributed by atoms with Gasteiger partial charge in [0.05, 0.1) is 0 Å². The summed E-state index contributed by atoms with van der Waals surface area (Å²) >= 11 is 0. The topological polar surface area (TPSA) is 52.9 Å². The van der Waals surface area contributed by atoms with Gasteiger partial charge in [-0.3, -0.25) is 4.90 Å². The molecule has 8 heteroatoms. The van der Waals surface area contributed by atoms with E-state index < -0.39 is 13.5 Å². The van der Waals surface area contributed by atoms with Gasteiger partial charge in [-0.25, -0.2) is 0 Å². The molecular weight excluding hydrogens is 322 g/mol. The van der Waals surface area contributed by atoms with E-state index in [9.17, 15) is 13.2 Å². The summed E-state index contributed by atoms with van der Waals surface area (Å²) in [4.78, 5) is 1.99. The Morgan fingerprint density at radius 1 is 0.917 bits per heavy atom. The van der Waals surface area contributed by atoms with Crippen LogP contribution in [0.4, 0.5) is 13.2 Å². The lowest BCUT2D eigenvalue weighted by molar-refractivity contribution is -0.274. The Morgan fingerprint density at radius 2 is 1.38 bits per heavy atom. The van der Waals surface area contributed by atoms with Gasteiger partial charge >= 0.3 is 13.5 Å². The van der Waals surface area contributed by atoms with Gasteiger partial charge in [-0.05, 0) is 35.8 Å². The van der Waals surface area contributed by atoms with E-state index in [4.69, 9.17) is 10.0 Å².